The number of benzene rings is 2. The van der Waals surface area contributed by atoms with E-state index in [4.69, 9.17) is 14.4 Å². The summed E-state index contributed by atoms with van der Waals surface area (Å²) in [6.45, 7) is 15.7. The number of hydrogen-bond acceptors (Lipinski definition) is 6. The molecule has 174 valence electrons. The van der Waals surface area contributed by atoms with Crippen molar-refractivity contribution in [2.45, 2.75) is 59.8 Å². The summed E-state index contributed by atoms with van der Waals surface area (Å²) in [6, 6.07) is 8.82. The standard InChI is InChI=1S/C27H33N3O3/c1-16-11-18(3)23(19(4)12-16)22-15-27(33-28-22)25(24-20(5)13-17(2)14-21(24)6)29-32-26(27)30-7-9-31-10-8-30/h11-14,26H,7-10,15H2,1-6H3. The molecular formula is C27H33N3O3. The first-order chi connectivity index (χ1) is 15.8. The SMILES string of the molecule is Cc1cc(C)c(C2=NOC3(C2)C(c2c(C)cc(C)cc2C)=NOC3N2CCOCC2)c(C)c1. The summed E-state index contributed by atoms with van der Waals surface area (Å²) in [5.41, 5.74) is 10.6. The second kappa shape index (κ2) is 8.26. The van der Waals surface area contributed by atoms with Crippen LogP contribution < -0.4 is 0 Å². The number of ether oxygens (including phenoxy) is 1. The van der Waals surface area contributed by atoms with E-state index >= 15 is 0 Å². The lowest BCUT2D eigenvalue weighted by Gasteiger charge is -2.37. The second-order valence-corrected chi connectivity index (χ2v) is 9.79. The largest absolute Gasteiger partial charge is 0.379 e. The first-order valence-corrected chi connectivity index (χ1v) is 11.8. The predicted octanol–water partition coefficient (Wildman–Crippen LogP) is 4.49. The Morgan fingerprint density at radius 3 is 1.91 bits per heavy atom. The molecule has 1 fully saturated rings. The van der Waals surface area contributed by atoms with Crippen molar-refractivity contribution in [2.24, 2.45) is 10.3 Å². The van der Waals surface area contributed by atoms with Gasteiger partial charge in [-0.3, -0.25) is 4.90 Å². The fourth-order valence-electron chi connectivity index (χ4n) is 5.84. The molecule has 6 nitrogen and oxygen atoms in total. The number of nitrogens with zero attached hydrogens (tertiary/aromatic N) is 3. The maximum atomic E-state index is 6.43. The van der Waals surface area contributed by atoms with Gasteiger partial charge < -0.3 is 14.4 Å². The van der Waals surface area contributed by atoms with Crippen LogP contribution in [0.4, 0.5) is 0 Å². The summed E-state index contributed by atoms with van der Waals surface area (Å²) >= 11 is 0. The highest BCUT2D eigenvalue weighted by atomic mass is 16.7. The van der Waals surface area contributed by atoms with Crippen LogP contribution in [0.1, 0.15) is 50.9 Å². The van der Waals surface area contributed by atoms with E-state index in [1.54, 1.807) is 0 Å². The van der Waals surface area contributed by atoms with Gasteiger partial charge >= 0.3 is 0 Å². The zero-order chi connectivity index (χ0) is 23.3. The Morgan fingerprint density at radius 2 is 1.33 bits per heavy atom. The van der Waals surface area contributed by atoms with Crippen LogP contribution in [-0.2, 0) is 14.4 Å². The third-order valence-electron chi connectivity index (χ3n) is 7.05. The van der Waals surface area contributed by atoms with E-state index in [-0.39, 0.29) is 6.23 Å². The van der Waals surface area contributed by atoms with Gasteiger partial charge in [0, 0.05) is 30.6 Å². The van der Waals surface area contributed by atoms with Gasteiger partial charge in [0.25, 0.3) is 0 Å². The minimum atomic E-state index is -0.790. The molecule has 0 bridgehead atoms. The van der Waals surface area contributed by atoms with Crippen molar-refractivity contribution in [3.8, 4) is 0 Å². The highest BCUT2D eigenvalue weighted by Crippen LogP contribution is 2.43. The van der Waals surface area contributed by atoms with Crippen molar-refractivity contribution >= 4 is 11.4 Å². The summed E-state index contributed by atoms with van der Waals surface area (Å²) in [5.74, 6) is 0. The van der Waals surface area contributed by atoms with E-state index in [2.05, 4.69) is 81.0 Å². The average molecular weight is 448 g/mol. The molecule has 3 heterocycles. The van der Waals surface area contributed by atoms with E-state index in [0.29, 0.717) is 19.6 Å². The van der Waals surface area contributed by atoms with Gasteiger partial charge in [0.2, 0.25) is 11.8 Å². The van der Waals surface area contributed by atoms with Crippen LogP contribution in [0.2, 0.25) is 0 Å². The van der Waals surface area contributed by atoms with E-state index < -0.39 is 5.60 Å². The van der Waals surface area contributed by atoms with Crippen molar-refractivity contribution in [1.29, 1.82) is 0 Å². The molecule has 0 saturated carbocycles. The van der Waals surface area contributed by atoms with Crippen LogP contribution in [0.15, 0.2) is 34.6 Å². The predicted molar refractivity (Wildman–Crippen MR) is 130 cm³/mol. The summed E-state index contributed by atoms with van der Waals surface area (Å²) in [7, 11) is 0. The molecule has 2 aromatic rings. The zero-order valence-electron chi connectivity index (χ0n) is 20.5. The number of morpholine rings is 1. The van der Waals surface area contributed by atoms with Crippen LogP contribution >= 0.6 is 0 Å². The maximum Gasteiger partial charge on any atom is 0.241 e. The third-order valence-corrected chi connectivity index (χ3v) is 7.05. The fourth-order valence-corrected chi connectivity index (χ4v) is 5.84. The van der Waals surface area contributed by atoms with Crippen molar-refractivity contribution in [3.63, 3.8) is 0 Å². The molecule has 6 heteroatoms. The molecule has 0 amide bonds. The van der Waals surface area contributed by atoms with E-state index in [9.17, 15) is 0 Å². The summed E-state index contributed by atoms with van der Waals surface area (Å²) in [4.78, 5) is 14.9. The number of hydrogen-bond donors (Lipinski definition) is 0. The second-order valence-electron chi connectivity index (χ2n) is 9.79. The van der Waals surface area contributed by atoms with Gasteiger partial charge in [0.1, 0.15) is 5.71 Å². The molecule has 1 saturated heterocycles. The molecule has 2 unspecified atom stereocenters. The van der Waals surface area contributed by atoms with Crippen molar-refractivity contribution in [2.75, 3.05) is 26.3 Å². The van der Waals surface area contributed by atoms with Crippen LogP contribution in [0, 0.1) is 41.5 Å². The molecule has 0 N–H and O–H groups in total. The number of oxime groups is 2. The van der Waals surface area contributed by atoms with Gasteiger partial charge in [0.05, 0.1) is 18.9 Å². The Morgan fingerprint density at radius 1 is 0.788 bits per heavy atom. The Kier molecular flexibility index (Phi) is 5.53. The Balaban J connectivity index is 1.59. The van der Waals surface area contributed by atoms with Crippen molar-refractivity contribution in [3.05, 3.63) is 68.8 Å². The highest BCUT2D eigenvalue weighted by Gasteiger charge is 2.60. The molecular weight excluding hydrogens is 414 g/mol. The van der Waals surface area contributed by atoms with E-state index in [0.717, 1.165) is 30.1 Å². The van der Waals surface area contributed by atoms with Gasteiger partial charge in [-0.25, -0.2) is 0 Å². The Bertz CT molecular complexity index is 1120. The summed E-state index contributed by atoms with van der Waals surface area (Å²) < 4.78 is 5.60. The first-order valence-electron chi connectivity index (χ1n) is 11.8. The molecule has 3 aliphatic heterocycles. The molecule has 0 aromatic heterocycles. The first kappa shape index (κ1) is 22.1. The van der Waals surface area contributed by atoms with Crippen LogP contribution in [-0.4, -0.2) is 54.5 Å². The molecule has 33 heavy (non-hydrogen) atoms. The van der Waals surface area contributed by atoms with Crippen molar-refractivity contribution in [1.82, 2.24) is 4.90 Å². The monoisotopic (exact) mass is 447 g/mol. The average Bonchev–Trinajstić information content (AvgIpc) is 3.32. The van der Waals surface area contributed by atoms with Gasteiger partial charge in [0.15, 0.2) is 0 Å². The van der Waals surface area contributed by atoms with Crippen LogP contribution in [0.25, 0.3) is 0 Å². The molecule has 0 radical (unpaired) electrons. The lowest BCUT2D eigenvalue weighted by Crippen LogP contribution is -2.57. The summed E-state index contributed by atoms with van der Waals surface area (Å²) in [6.07, 6.45) is 0.273. The van der Waals surface area contributed by atoms with Crippen LogP contribution in [0.3, 0.4) is 0 Å². The van der Waals surface area contributed by atoms with Crippen molar-refractivity contribution < 1.29 is 14.4 Å². The Labute approximate surface area is 196 Å². The zero-order valence-corrected chi connectivity index (χ0v) is 20.5. The smallest absolute Gasteiger partial charge is 0.241 e. The van der Waals surface area contributed by atoms with E-state index in [1.165, 1.54) is 38.9 Å². The van der Waals surface area contributed by atoms with Gasteiger partial charge in [-0.1, -0.05) is 45.7 Å². The summed E-state index contributed by atoms with van der Waals surface area (Å²) in [5, 5.41) is 9.36. The minimum absolute atomic E-state index is 0.344. The lowest BCUT2D eigenvalue weighted by molar-refractivity contribution is -0.159. The number of rotatable bonds is 3. The highest BCUT2D eigenvalue weighted by molar-refractivity contribution is 6.15. The molecule has 2 aromatic carbocycles. The van der Waals surface area contributed by atoms with E-state index in [1.807, 2.05) is 0 Å². The van der Waals surface area contributed by atoms with Gasteiger partial charge in [-0.05, 0) is 63.8 Å². The third kappa shape index (κ3) is 3.65. The normalized spacial score (nSPS) is 25.1. The fraction of sp³-hybridized carbons (Fsp3) is 0.481. The molecule has 2 atom stereocenters. The van der Waals surface area contributed by atoms with Crippen LogP contribution in [0.5, 0.6) is 0 Å². The number of aryl methyl sites for hydroxylation is 6. The quantitative estimate of drug-likeness (QED) is 0.696. The van der Waals surface area contributed by atoms with Gasteiger partial charge in [-0.2, -0.15) is 0 Å². The molecule has 0 aliphatic carbocycles. The van der Waals surface area contributed by atoms with Gasteiger partial charge in [-0.15, -0.1) is 0 Å². The maximum absolute atomic E-state index is 6.43. The molecule has 5 rings (SSSR count). The minimum Gasteiger partial charge on any atom is -0.379 e. The lowest BCUT2D eigenvalue weighted by atomic mass is 9.80. The Hall–Kier alpha value is -2.70. The molecule has 1 spiro atoms. The topological polar surface area (TPSA) is 55.7 Å². The molecule has 3 aliphatic rings.